The average Bonchev–Trinajstić information content (AvgIpc) is 2.71. The number of nitrogens with zero attached hydrogens (tertiary/aromatic N) is 2. The summed E-state index contributed by atoms with van der Waals surface area (Å²) in [4.78, 5) is 4.22. The van der Waals surface area contributed by atoms with E-state index in [4.69, 9.17) is 5.73 Å². The van der Waals surface area contributed by atoms with Crippen molar-refractivity contribution in [2.24, 2.45) is 0 Å². The zero-order chi connectivity index (χ0) is 13.4. The molecule has 1 aromatic heterocycles. The van der Waals surface area contributed by atoms with E-state index in [1.165, 1.54) is 12.1 Å². The molecule has 96 valence electrons. The number of rotatable bonds is 2. The van der Waals surface area contributed by atoms with Gasteiger partial charge in [0, 0.05) is 0 Å². The van der Waals surface area contributed by atoms with E-state index in [0.717, 1.165) is 17.1 Å². The van der Waals surface area contributed by atoms with Crippen LogP contribution in [0.3, 0.4) is 0 Å². The Morgan fingerprint density at radius 2 is 1.84 bits per heavy atom. The minimum Gasteiger partial charge on any atom is -0.369 e. The van der Waals surface area contributed by atoms with Gasteiger partial charge in [0.05, 0.1) is 17.6 Å². The molecule has 2 N–H and O–H groups in total. The maximum absolute atomic E-state index is 13.2. The van der Waals surface area contributed by atoms with Crippen molar-refractivity contribution in [3.05, 3.63) is 59.7 Å². The molecule has 0 fully saturated rings. The minimum absolute atomic E-state index is 0.351. The van der Waals surface area contributed by atoms with Crippen molar-refractivity contribution < 1.29 is 8.78 Å². The summed E-state index contributed by atoms with van der Waals surface area (Å²) >= 11 is 0. The van der Waals surface area contributed by atoms with Crippen molar-refractivity contribution in [3.63, 3.8) is 0 Å². The summed E-state index contributed by atoms with van der Waals surface area (Å²) < 4.78 is 27.8. The van der Waals surface area contributed by atoms with Crippen LogP contribution in [0, 0.1) is 11.6 Å². The number of fused-ring (bicyclic) bond motifs is 1. The van der Waals surface area contributed by atoms with Gasteiger partial charge < -0.3 is 10.3 Å². The predicted molar refractivity (Wildman–Crippen MR) is 69.6 cm³/mol. The fourth-order valence-electron chi connectivity index (χ4n) is 2.08. The highest BCUT2D eigenvalue weighted by Crippen LogP contribution is 2.19. The van der Waals surface area contributed by atoms with Gasteiger partial charge >= 0.3 is 0 Å². The van der Waals surface area contributed by atoms with Crippen LogP contribution in [0.25, 0.3) is 11.0 Å². The van der Waals surface area contributed by atoms with E-state index in [1.807, 2.05) is 24.3 Å². The van der Waals surface area contributed by atoms with Gasteiger partial charge in [-0.05, 0) is 29.8 Å². The van der Waals surface area contributed by atoms with Gasteiger partial charge in [0.25, 0.3) is 0 Å². The summed E-state index contributed by atoms with van der Waals surface area (Å²) in [6, 6.07) is 11.3. The van der Waals surface area contributed by atoms with Crippen LogP contribution in [0.5, 0.6) is 0 Å². The maximum Gasteiger partial charge on any atom is 0.201 e. The number of hydrogen-bond acceptors (Lipinski definition) is 2. The molecular formula is C14H11F2N3. The zero-order valence-electron chi connectivity index (χ0n) is 9.98. The van der Waals surface area contributed by atoms with Crippen LogP contribution in [0.1, 0.15) is 5.56 Å². The monoisotopic (exact) mass is 259 g/mol. The van der Waals surface area contributed by atoms with Gasteiger partial charge in [-0.25, -0.2) is 13.8 Å². The lowest BCUT2D eigenvalue weighted by molar-refractivity contribution is 0.506. The van der Waals surface area contributed by atoms with E-state index >= 15 is 0 Å². The van der Waals surface area contributed by atoms with Gasteiger partial charge in [0.15, 0.2) is 11.6 Å². The maximum atomic E-state index is 13.2. The van der Waals surface area contributed by atoms with Gasteiger partial charge in [-0.1, -0.05) is 18.2 Å². The van der Waals surface area contributed by atoms with Crippen LogP contribution >= 0.6 is 0 Å². The number of halogens is 2. The standard InChI is InChI=1S/C14H11F2N3/c15-10-6-5-9(7-11(10)16)8-19-13-4-2-1-3-12(13)18-14(19)17/h1-7H,8H2,(H2,17,18). The second-order valence-corrected chi connectivity index (χ2v) is 4.29. The Hall–Kier alpha value is -2.43. The minimum atomic E-state index is -0.861. The van der Waals surface area contributed by atoms with E-state index in [9.17, 15) is 8.78 Å². The first kappa shape index (κ1) is 11.6. The summed E-state index contributed by atoms with van der Waals surface area (Å²) in [5, 5.41) is 0. The van der Waals surface area contributed by atoms with E-state index < -0.39 is 11.6 Å². The van der Waals surface area contributed by atoms with E-state index in [1.54, 1.807) is 4.57 Å². The van der Waals surface area contributed by atoms with Crippen LogP contribution in [0.4, 0.5) is 14.7 Å². The van der Waals surface area contributed by atoms with Gasteiger partial charge in [0.2, 0.25) is 5.95 Å². The second kappa shape index (κ2) is 4.35. The van der Waals surface area contributed by atoms with Crippen molar-refractivity contribution in [3.8, 4) is 0 Å². The summed E-state index contributed by atoms with van der Waals surface area (Å²) in [6.45, 7) is 0.351. The smallest absolute Gasteiger partial charge is 0.201 e. The quantitative estimate of drug-likeness (QED) is 0.769. The normalized spacial score (nSPS) is 11.1. The third-order valence-corrected chi connectivity index (χ3v) is 3.01. The molecule has 0 aliphatic rings. The van der Waals surface area contributed by atoms with Crippen LogP contribution in [0.15, 0.2) is 42.5 Å². The molecule has 0 atom stereocenters. The zero-order valence-corrected chi connectivity index (χ0v) is 9.98. The van der Waals surface area contributed by atoms with Gasteiger partial charge in [-0.15, -0.1) is 0 Å². The first-order valence-corrected chi connectivity index (χ1v) is 5.80. The van der Waals surface area contributed by atoms with Crippen molar-refractivity contribution in [2.45, 2.75) is 6.54 Å². The number of imidazole rings is 1. The largest absolute Gasteiger partial charge is 0.369 e. The van der Waals surface area contributed by atoms with Crippen LogP contribution in [0.2, 0.25) is 0 Å². The summed E-state index contributed by atoms with van der Waals surface area (Å²) in [5.41, 5.74) is 8.13. The van der Waals surface area contributed by atoms with Crippen molar-refractivity contribution in [1.29, 1.82) is 0 Å². The molecule has 3 nitrogen and oxygen atoms in total. The van der Waals surface area contributed by atoms with Gasteiger partial charge in [-0.2, -0.15) is 0 Å². The number of hydrogen-bond donors (Lipinski definition) is 1. The van der Waals surface area contributed by atoms with Crippen LogP contribution in [-0.2, 0) is 6.54 Å². The predicted octanol–water partition coefficient (Wildman–Crippen LogP) is 2.95. The summed E-state index contributed by atoms with van der Waals surface area (Å²) in [5.74, 6) is -1.36. The highest BCUT2D eigenvalue weighted by molar-refractivity contribution is 5.78. The van der Waals surface area contributed by atoms with Crippen LogP contribution < -0.4 is 5.73 Å². The molecule has 0 amide bonds. The number of aromatic nitrogens is 2. The van der Waals surface area contributed by atoms with E-state index in [-0.39, 0.29) is 0 Å². The summed E-state index contributed by atoms with van der Waals surface area (Å²) in [6.07, 6.45) is 0. The molecule has 5 heteroatoms. The molecule has 2 aromatic carbocycles. The fourth-order valence-corrected chi connectivity index (χ4v) is 2.08. The van der Waals surface area contributed by atoms with E-state index in [0.29, 0.717) is 18.1 Å². The van der Waals surface area contributed by atoms with Gasteiger partial charge in [0.1, 0.15) is 0 Å². The summed E-state index contributed by atoms with van der Waals surface area (Å²) in [7, 11) is 0. The molecule has 0 spiro atoms. The topological polar surface area (TPSA) is 43.8 Å². The number of nitrogen functional groups attached to an aromatic ring is 1. The van der Waals surface area contributed by atoms with Crippen molar-refractivity contribution in [1.82, 2.24) is 9.55 Å². The Balaban J connectivity index is 2.05. The highest BCUT2D eigenvalue weighted by atomic mass is 19.2. The van der Waals surface area contributed by atoms with Crippen LogP contribution in [-0.4, -0.2) is 9.55 Å². The number of anilines is 1. The molecule has 0 radical (unpaired) electrons. The SMILES string of the molecule is Nc1nc2ccccc2n1Cc1ccc(F)c(F)c1. The number of nitrogens with two attached hydrogens (primary N) is 1. The Bertz CT molecular complexity index is 750. The Morgan fingerprint density at radius 1 is 1.05 bits per heavy atom. The van der Waals surface area contributed by atoms with Crippen molar-refractivity contribution in [2.75, 3.05) is 5.73 Å². The highest BCUT2D eigenvalue weighted by Gasteiger charge is 2.09. The lowest BCUT2D eigenvalue weighted by Gasteiger charge is -2.07. The third-order valence-electron chi connectivity index (χ3n) is 3.01. The molecule has 3 aromatic rings. The number of benzene rings is 2. The van der Waals surface area contributed by atoms with Crippen molar-refractivity contribution >= 4 is 17.0 Å². The molecule has 19 heavy (non-hydrogen) atoms. The molecular weight excluding hydrogens is 248 g/mol. The Morgan fingerprint density at radius 3 is 2.63 bits per heavy atom. The molecule has 0 saturated carbocycles. The average molecular weight is 259 g/mol. The van der Waals surface area contributed by atoms with E-state index in [2.05, 4.69) is 4.98 Å². The molecule has 0 aliphatic carbocycles. The molecule has 0 saturated heterocycles. The Labute approximate surface area is 108 Å². The third kappa shape index (κ3) is 2.03. The first-order valence-electron chi connectivity index (χ1n) is 5.80. The fraction of sp³-hybridized carbons (Fsp3) is 0.0714. The molecule has 0 bridgehead atoms. The molecule has 0 unspecified atom stereocenters. The molecule has 0 aliphatic heterocycles. The number of para-hydroxylation sites is 2. The lowest BCUT2D eigenvalue weighted by atomic mass is 10.2. The lowest BCUT2D eigenvalue weighted by Crippen LogP contribution is -2.05. The molecule has 3 rings (SSSR count). The second-order valence-electron chi connectivity index (χ2n) is 4.29. The Kier molecular flexibility index (Phi) is 2.67. The van der Waals surface area contributed by atoms with Gasteiger partial charge in [-0.3, -0.25) is 0 Å². The first-order chi connectivity index (χ1) is 9.15. The molecule has 1 heterocycles.